The summed E-state index contributed by atoms with van der Waals surface area (Å²) in [6.45, 7) is 5.71. The molecule has 10 nitrogen and oxygen atoms in total. The standard InChI is InChI=1S/C35H45N5O5S/c1-21-18-39(19-22(2)45-21)34(42)36-35-17-29(35)28-16-25(44-5)12-14-26(28)32-31(23-9-7-6-8-10-23)27-13-11-24(15-30(27)40(32)20-35)33(41)37-46(43)38(3)4/h11-16,21-23,29H,6-10,17-20H2,1-5H3,(H,36,42)(H,37,41)/t21-,22+,29?,35?,46?. The van der Waals surface area contributed by atoms with E-state index < -0.39 is 16.7 Å². The molecular weight excluding hydrogens is 602 g/mol. The third kappa shape index (κ3) is 5.50. The molecule has 7 rings (SSSR count). The van der Waals surface area contributed by atoms with Crippen molar-refractivity contribution in [3.63, 3.8) is 0 Å². The Kier molecular flexibility index (Phi) is 8.13. The van der Waals surface area contributed by atoms with Crippen LogP contribution in [0.15, 0.2) is 36.4 Å². The summed E-state index contributed by atoms with van der Waals surface area (Å²) in [5, 5.41) is 4.66. The first-order valence-corrected chi connectivity index (χ1v) is 17.7. The zero-order chi connectivity index (χ0) is 32.3. The molecule has 2 N–H and O–H groups in total. The van der Waals surface area contributed by atoms with Gasteiger partial charge in [-0.25, -0.2) is 13.3 Å². The molecule has 2 aliphatic heterocycles. The molecule has 3 aromatic rings. The molecule has 3 fully saturated rings. The monoisotopic (exact) mass is 647 g/mol. The minimum atomic E-state index is -1.64. The second-order valence-electron chi connectivity index (χ2n) is 13.9. The van der Waals surface area contributed by atoms with Gasteiger partial charge in [0.15, 0.2) is 11.2 Å². The SMILES string of the molecule is COc1ccc2c(c1)C1CC1(NC(=O)N1C[C@@H](C)O[C@@H](C)C1)Cn1c-2c(C2CCCCC2)c2ccc(C(=O)NS(=O)N(C)C)cc21. The second-order valence-corrected chi connectivity index (χ2v) is 15.3. The minimum absolute atomic E-state index is 0.0226. The van der Waals surface area contributed by atoms with E-state index in [1.165, 1.54) is 46.0 Å². The number of benzene rings is 2. The number of hydrogen-bond acceptors (Lipinski definition) is 5. The number of methoxy groups -OCH3 is 1. The fourth-order valence-corrected chi connectivity index (χ4v) is 8.62. The zero-order valence-electron chi connectivity index (χ0n) is 27.4. The molecule has 3 amide bonds. The maximum atomic E-state index is 13.9. The van der Waals surface area contributed by atoms with E-state index in [9.17, 15) is 13.8 Å². The first-order chi connectivity index (χ1) is 22.1. The molecule has 246 valence electrons. The van der Waals surface area contributed by atoms with Gasteiger partial charge in [0.1, 0.15) is 5.75 Å². The van der Waals surface area contributed by atoms with Crippen molar-refractivity contribution in [2.75, 3.05) is 34.3 Å². The molecule has 4 aliphatic rings. The van der Waals surface area contributed by atoms with Crippen molar-refractivity contribution < 1.29 is 23.3 Å². The van der Waals surface area contributed by atoms with Crippen molar-refractivity contribution in [2.24, 2.45) is 0 Å². The molecule has 3 heterocycles. The summed E-state index contributed by atoms with van der Waals surface area (Å²) in [6, 6.07) is 12.2. The van der Waals surface area contributed by atoms with Gasteiger partial charge in [-0.2, -0.15) is 0 Å². The van der Waals surface area contributed by atoms with Crippen LogP contribution < -0.4 is 14.8 Å². The molecule has 0 bridgehead atoms. The highest BCUT2D eigenvalue weighted by Crippen LogP contribution is 2.60. The van der Waals surface area contributed by atoms with Crippen molar-refractivity contribution in [1.29, 1.82) is 0 Å². The van der Waals surface area contributed by atoms with Crippen LogP contribution in [0.3, 0.4) is 0 Å². The number of ether oxygens (including phenoxy) is 2. The Morgan fingerprint density at radius 2 is 1.78 bits per heavy atom. The lowest BCUT2D eigenvalue weighted by molar-refractivity contribution is -0.0549. The maximum Gasteiger partial charge on any atom is 0.318 e. The number of carbonyl (C=O) groups is 2. The molecule has 3 unspecified atom stereocenters. The summed E-state index contributed by atoms with van der Waals surface area (Å²) in [7, 11) is 5.02. The lowest BCUT2D eigenvalue weighted by Crippen LogP contribution is -2.55. The van der Waals surface area contributed by atoms with E-state index in [0.717, 1.165) is 35.9 Å². The highest BCUT2D eigenvalue weighted by Gasteiger charge is 2.59. The first-order valence-electron chi connectivity index (χ1n) is 16.6. The van der Waals surface area contributed by atoms with Crippen LogP contribution in [0, 0.1) is 0 Å². The Hall–Kier alpha value is -3.41. The van der Waals surface area contributed by atoms with Crippen LogP contribution in [-0.2, 0) is 22.5 Å². The van der Waals surface area contributed by atoms with Crippen LogP contribution in [0.1, 0.15) is 85.7 Å². The third-order valence-corrected chi connectivity index (χ3v) is 11.4. The normalized spacial score (nSPS) is 26.5. The number of hydrogen-bond donors (Lipinski definition) is 2. The van der Waals surface area contributed by atoms with E-state index in [2.05, 4.69) is 32.8 Å². The molecule has 0 radical (unpaired) electrons. The van der Waals surface area contributed by atoms with E-state index in [4.69, 9.17) is 9.47 Å². The Bertz CT molecular complexity index is 1700. The number of fused-ring (bicyclic) bond motifs is 7. The van der Waals surface area contributed by atoms with Crippen molar-refractivity contribution in [3.8, 4) is 17.0 Å². The van der Waals surface area contributed by atoms with Gasteiger partial charge in [-0.3, -0.25) is 9.52 Å². The van der Waals surface area contributed by atoms with Crippen molar-refractivity contribution in [1.82, 2.24) is 23.8 Å². The predicted octanol–water partition coefficient (Wildman–Crippen LogP) is 5.29. The number of nitrogens with one attached hydrogen (secondary N) is 2. The predicted molar refractivity (Wildman–Crippen MR) is 179 cm³/mol. The average molecular weight is 648 g/mol. The van der Waals surface area contributed by atoms with Crippen molar-refractivity contribution in [3.05, 3.63) is 53.1 Å². The molecule has 46 heavy (non-hydrogen) atoms. The Morgan fingerprint density at radius 3 is 2.48 bits per heavy atom. The van der Waals surface area contributed by atoms with Gasteiger partial charge in [-0.05, 0) is 80.5 Å². The summed E-state index contributed by atoms with van der Waals surface area (Å²) in [5.41, 5.74) is 5.82. The topological polar surface area (TPSA) is 105 Å². The molecule has 2 saturated carbocycles. The van der Waals surface area contributed by atoms with E-state index in [1.54, 1.807) is 21.2 Å². The molecule has 5 atom stereocenters. The minimum Gasteiger partial charge on any atom is -0.497 e. The molecule has 1 saturated heterocycles. The fraction of sp³-hybridized carbons (Fsp3) is 0.543. The van der Waals surface area contributed by atoms with E-state index in [0.29, 0.717) is 31.1 Å². The first kappa shape index (κ1) is 31.2. The number of nitrogens with zero attached hydrogens (tertiary/aromatic N) is 3. The van der Waals surface area contributed by atoms with Crippen LogP contribution in [-0.4, -0.2) is 82.0 Å². The molecule has 11 heteroatoms. The molecule has 2 aromatic carbocycles. The quantitative estimate of drug-likeness (QED) is 0.378. The Labute approximate surface area is 273 Å². The van der Waals surface area contributed by atoms with E-state index >= 15 is 0 Å². The van der Waals surface area contributed by atoms with E-state index in [-0.39, 0.29) is 30.1 Å². The maximum absolute atomic E-state index is 13.9. The van der Waals surface area contributed by atoms with Crippen LogP contribution >= 0.6 is 0 Å². The third-order valence-electron chi connectivity index (χ3n) is 10.4. The number of carbonyl (C=O) groups excluding carboxylic acids is 2. The number of urea groups is 1. The largest absolute Gasteiger partial charge is 0.497 e. The summed E-state index contributed by atoms with van der Waals surface area (Å²) < 4.78 is 30.5. The number of morpholine rings is 1. The molecule has 2 aliphatic carbocycles. The van der Waals surface area contributed by atoms with Crippen LogP contribution in [0.4, 0.5) is 4.79 Å². The van der Waals surface area contributed by atoms with Gasteiger partial charge < -0.3 is 24.3 Å². The number of aromatic nitrogens is 1. The van der Waals surface area contributed by atoms with Crippen LogP contribution in [0.25, 0.3) is 22.2 Å². The second kappa shape index (κ2) is 12.0. The summed E-state index contributed by atoms with van der Waals surface area (Å²) >= 11 is -1.64. The molecule has 0 spiro atoms. The van der Waals surface area contributed by atoms with Crippen molar-refractivity contribution >= 4 is 34.0 Å². The smallest absolute Gasteiger partial charge is 0.318 e. The van der Waals surface area contributed by atoms with Crippen LogP contribution in [0.2, 0.25) is 0 Å². The summed E-state index contributed by atoms with van der Waals surface area (Å²) in [4.78, 5) is 29.1. The van der Waals surface area contributed by atoms with Gasteiger partial charge in [-0.1, -0.05) is 25.3 Å². The highest BCUT2D eigenvalue weighted by atomic mass is 32.2. The summed E-state index contributed by atoms with van der Waals surface area (Å²) in [5.74, 6) is 0.948. The Balaban J connectivity index is 1.38. The van der Waals surface area contributed by atoms with Crippen molar-refractivity contribution in [2.45, 2.75) is 88.5 Å². The van der Waals surface area contributed by atoms with Crippen LogP contribution in [0.5, 0.6) is 5.75 Å². The fourth-order valence-electron chi connectivity index (χ4n) is 8.16. The number of rotatable bonds is 6. The van der Waals surface area contributed by atoms with E-state index in [1.807, 2.05) is 36.9 Å². The van der Waals surface area contributed by atoms with Gasteiger partial charge in [0.2, 0.25) is 0 Å². The number of amides is 3. The van der Waals surface area contributed by atoms with Gasteiger partial charge in [0.25, 0.3) is 5.91 Å². The molecule has 1 aromatic heterocycles. The summed E-state index contributed by atoms with van der Waals surface area (Å²) in [6.07, 6.45) is 6.66. The van der Waals surface area contributed by atoms with Gasteiger partial charge >= 0.3 is 6.03 Å². The highest BCUT2D eigenvalue weighted by molar-refractivity contribution is 7.81. The zero-order valence-corrected chi connectivity index (χ0v) is 28.2. The lowest BCUT2D eigenvalue weighted by atomic mass is 9.81. The van der Waals surface area contributed by atoms with Gasteiger partial charge in [0.05, 0.1) is 30.6 Å². The van der Waals surface area contributed by atoms with Gasteiger partial charge in [0, 0.05) is 61.7 Å². The Morgan fingerprint density at radius 1 is 1.04 bits per heavy atom. The average Bonchev–Trinajstić information content (AvgIpc) is 3.67. The van der Waals surface area contributed by atoms with Gasteiger partial charge in [-0.15, -0.1) is 0 Å². The lowest BCUT2D eigenvalue weighted by Gasteiger charge is -2.36. The molecular formula is C35H45N5O5S.